The van der Waals surface area contributed by atoms with E-state index in [4.69, 9.17) is 15.2 Å². The second-order valence-electron chi connectivity index (χ2n) is 5.47. The fraction of sp³-hybridized carbons (Fsp3) is 0.316. The summed E-state index contributed by atoms with van der Waals surface area (Å²) in [5.41, 5.74) is 8.22. The SMILES string of the molecule is COCCc1ccc(OCCCC(=O)Nc2ccccc2N)cc1. The molecule has 0 spiro atoms. The lowest BCUT2D eigenvalue weighted by molar-refractivity contribution is -0.116. The first-order valence-electron chi connectivity index (χ1n) is 8.04. The number of methoxy groups -OCH3 is 1. The highest BCUT2D eigenvalue weighted by Gasteiger charge is 2.05. The Morgan fingerprint density at radius 3 is 2.54 bits per heavy atom. The molecule has 0 aliphatic carbocycles. The molecule has 2 aromatic carbocycles. The monoisotopic (exact) mass is 328 g/mol. The predicted octanol–water partition coefficient (Wildman–Crippen LogP) is 3.26. The van der Waals surface area contributed by atoms with Crippen molar-refractivity contribution in [2.45, 2.75) is 19.3 Å². The highest BCUT2D eigenvalue weighted by molar-refractivity contribution is 5.93. The van der Waals surface area contributed by atoms with Gasteiger partial charge in [-0.2, -0.15) is 0 Å². The quantitative estimate of drug-likeness (QED) is 0.547. The van der Waals surface area contributed by atoms with Gasteiger partial charge >= 0.3 is 0 Å². The highest BCUT2D eigenvalue weighted by atomic mass is 16.5. The Kier molecular flexibility index (Phi) is 7.11. The summed E-state index contributed by atoms with van der Waals surface area (Å²) in [7, 11) is 1.69. The van der Waals surface area contributed by atoms with Crippen LogP contribution in [0, 0.1) is 0 Å². The average Bonchev–Trinajstić information content (AvgIpc) is 2.60. The third kappa shape index (κ3) is 5.93. The number of hydrogen-bond donors (Lipinski definition) is 2. The van der Waals surface area contributed by atoms with Crippen LogP contribution in [0.15, 0.2) is 48.5 Å². The van der Waals surface area contributed by atoms with E-state index in [1.165, 1.54) is 5.56 Å². The van der Waals surface area contributed by atoms with E-state index in [2.05, 4.69) is 5.32 Å². The second kappa shape index (κ2) is 9.57. The fourth-order valence-corrected chi connectivity index (χ4v) is 2.22. The van der Waals surface area contributed by atoms with Gasteiger partial charge in [-0.05, 0) is 42.7 Å². The third-order valence-corrected chi connectivity index (χ3v) is 3.57. The van der Waals surface area contributed by atoms with Gasteiger partial charge in [-0.3, -0.25) is 4.79 Å². The molecule has 0 atom stereocenters. The summed E-state index contributed by atoms with van der Waals surface area (Å²) in [5, 5.41) is 2.80. The molecule has 24 heavy (non-hydrogen) atoms. The zero-order valence-electron chi connectivity index (χ0n) is 14.0. The summed E-state index contributed by atoms with van der Waals surface area (Å²) in [6.07, 6.45) is 1.92. The van der Waals surface area contributed by atoms with E-state index in [-0.39, 0.29) is 5.91 Å². The summed E-state index contributed by atoms with van der Waals surface area (Å²) in [6.45, 7) is 1.20. The average molecular weight is 328 g/mol. The molecule has 0 saturated carbocycles. The molecule has 0 unspecified atom stereocenters. The molecular formula is C19H24N2O3. The number of ether oxygens (including phenoxy) is 2. The van der Waals surface area contributed by atoms with Gasteiger partial charge in [0.2, 0.25) is 5.91 Å². The maximum atomic E-state index is 11.9. The minimum atomic E-state index is -0.0635. The third-order valence-electron chi connectivity index (χ3n) is 3.57. The van der Waals surface area contributed by atoms with Crippen molar-refractivity contribution in [3.63, 3.8) is 0 Å². The number of hydrogen-bond acceptors (Lipinski definition) is 4. The first-order valence-corrected chi connectivity index (χ1v) is 8.04. The Labute approximate surface area is 142 Å². The van der Waals surface area contributed by atoms with Crippen LogP contribution in [0.4, 0.5) is 11.4 Å². The molecule has 1 amide bonds. The number of carbonyl (C=O) groups is 1. The van der Waals surface area contributed by atoms with Crippen LogP contribution in [0.3, 0.4) is 0 Å². The van der Waals surface area contributed by atoms with Gasteiger partial charge in [-0.25, -0.2) is 0 Å². The number of nitrogen functional groups attached to an aromatic ring is 1. The second-order valence-corrected chi connectivity index (χ2v) is 5.47. The number of carbonyl (C=O) groups excluding carboxylic acids is 1. The van der Waals surface area contributed by atoms with Gasteiger partial charge < -0.3 is 20.5 Å². The molecule has 0 saturated heterocycles. The molecule has 5 heteroatoms. The zero-order valence-corrected chi connectivity index (χ0v) is 14.0. The van der Waals surface area contributed by atoms with E-state index in [1.54, 1.807) is 19.2 Å². The van der Waals surface area contributed by atoms with Crippen molar-refractivity contribution in [1.82, 2.24) is 0 Å². The Balaban J connectivity index is 1.67. The van der Waals surface area contributed by atoms with Crippen LogP contribution < -0.4 is 15.8 Å². The van der Waals surface area contributed by atoms with Crippen molar-refractivity contribution in [3.05, 3.63) is 54.1 Å². The van der Waals surface area contributed by atoms with E-state index in [0.29, 0.717) is 37.4 Å². The van der Waals surface area contributed by atoms with Gasteiger partial charge in [0.05, 0.1) is 24.6 Å². The van der Waals surface area contributed by atoms with Crippen LogP contribution >= 0.6 is 0 Å². The highest BCUT2D eigenvalue weighted by Crippen LogP contribution is 2.17. The number of rotatable bonds is 9. The Bertz CT molecular complexity index is 641. The number of nitrogens with one attached hydrogen (secondary N) is 1. The van der Waals surface area contributed by atoms with E-state index in [9.17, 15) is 4.79 Å². The largest absolute Gasteiger partial charge is 0.494 e. The van der Waals surface area contributed by atoms with Crippen LogP contribution in [-0.4, -0.2) is 26.2 Å². The lowest BCUT2D eigenvalue weighted by Crippen LogP contribution is -2.13. The standard InChI is InChI=1S/C19H24N2O3/c1-23-14-12-15-8-10-16(11-9-15)24-13-4-7-19(22)21-18-6-3-2-5-17(18)20/h2-3,5-6,8-11H,4,7,12-14,20H2,1H3,(H,21,22). The Hall–Kier alpha value is -2.53. The van der Waals surface area contributed by atoms with Gasteiger partial charge in [0.25, 0.3) is 0 Å². The molecule has 2 rings (SSSR count). The maximum absolute atomic E-state index is 11.9. The van der Waals surface area contributed by atoms with Crippen molar-refractivity contribution < 1.29 is 14.3 Å². The molecule has 5 nitrogen and oxygen atoms in total. The van der Waals surface area contributed by atoms with E-state index in [1.807, 2.05) is 36.4 Å². The Morgan fingerprint density at radius 1 is 1.08 bits per heavy atom. The minimum Gasteiger partial charge on any atom is -0.494 e. The van der Waals surface area contributed by atoms with Gasteiger partial charge in [0.1, 0.15) is 5.75 Å². The fourth-order valence-electron chi connectivity index (χ4n) is 2.22. The number of anilines is 2. The topological polar surface area (TPSA) is 73.6 Å². The molecular weight excluding hydrogens is 304 g/mol. The molecule has 0 fully saturated rings. The summed E-state index contributed by atoms with van der Waals surface area (Å²) in [6, 6.07) is 15.2. The van der Waals surface area contributed by atoms with Gasteiger partial charge in [-0.1, -0.05) is 24.3 Å². The van der Waals surface area contributed by atoms with Crippen molar-refractivity contribution in [2.75, 3.05) is 31.4 Å². The predicted molar refractivity (Wildman–Crippen MR) is 96.2 cm³/mol. The number of amides is 1. The number of para-hydroxylation sites is 2. The van der Waals surface area contributed by atoms with Gasteiger partial charge in [-0.15, -0.1) is 0 Å². The van der Waals surface area contributed by atoms with Crippen molar-refractivity contribution in [2.24, 2.45) is 0 Å². The minimum absolute atomic E-state index is 0.0635. The zero-order chi connectivity index (χ0) is 17.2. The molecule has 0 radical (unpaired) electrons. The molecule has 0 heterocycles. The summed E-state index contributed by atoms with van der Waals surface area (Å²) < 4.78 is 10.7. The summed E-state index contributed by atoms with van der Waals surface area (Å²) in [5.74, 6) is 0.746. The van der Waals surface area contributed by atoms with Crippen LogP contribution in [-0.2, 0) is 16.0 Å². The van der Waals surface area contributed by atoms with Crippen LogP contribution in [0.2, 0.25) is 0 Å². The van der Waals surface area contributed by atoms with E-state index in [0.717, 1.165) is 12.2 Å². The van der Waals surface area contributed by atoms with Crippen LogP contribution in [0.1, 0.15) is 18.4 Å². The van der Waals surface area contributed by atoms with Crippen LogP contribution in [0.5, 0.6) is 5.75 Å². The van der Waals surface area contributed by atoms with Gasteiger partial charge in [0, 0.05) is 13.5 Å². The van der Waals surface area contributed by atoms with Crippen LogP contribution in [0.25, 0.3) is 0 Å². The number of benzene rings is 2. The van der Waals surface area contributed by atoms with Crippen molar-refractivity contribution in [3.8, 4) is 5.75 Å². The molecule has 2 aromatic rings. The molecule has 0 aliphatic rings. The lowest BCUT2D eigenvalue weighted by Gasteiger charge is -2.09. The van der Waals surface area contributed by atoms with E-state index >= 15 is 0 Å². The molecule has 0 aliphatic heterocycles. The summed E-state index contributed by atoms with van der Waals surface area (Å²) >= 11 is 0. The normalized spacial score (nSPS) is 10.4. The van der Waals surface area contributed by atoms with Gasteiger partial charge in [0.15, 0.2) is 0 Å². The summed E-state index contributed by atoms with van der Waals surface area (Å²) in [4.78, 5) is 11.9. The maximum Gasteiger partial charge on any atom is 0.224 e. The first kappa shape index (κ1) is 17.8. The first-order chi connectivity index (χ1) is 11.7. The Morgan fingerprint density at radius 2 is 1.83 bits per heavy atom. The van der Waals surface area contributed by atoms with E-state index < -0.39 is 0 Å². The molecule has 0 bridgehead atoms. The van der Waals surface area contributed by atoms with Crippen molar-refractivity contribution in [1.29, 1.82) is 0 Å². The number of nitrogens with two attached hydrogens (primary N) is 1. The molecule has 0 aromatic heterocycles. The smallest absolute Gasteiger partial charge is 0.224 e. The molecule has 3 N–H and O–H groups in total. The lowest BCUT2D eigenvalue weighted by atomic mass is 10.1. The molecule has 128 valence electrons. The van der Waals surface area contributed by atoms with Crippen molar-refractivity contribution >= 4 is 17.3 Å².